The highest BCUT2D eigenvalue weighted by Crippen LogP contribution is 2.20. The van der Waals surface area contributed by atoms with Gasteiger partial charge in [0.15, 0.2) is 0 Å². The second-order valence-electron chi connectivity index (χ2n) is 2.32. The van der Waals surface area contributed by atoms with Crippen LogP contribution in [0.2, 0.25) is 0 Å². The maximum atomic E-state index is 8.31. The van der Waals surface area contributed by atoms with E-state index in [0.717, 1.165) is 6.42 Å². The third kappa shape index (κ3) is 2.34. The molecule has 0 saturated carbocycles. The van der Waals surface area contributed by atoms with Crippen LogP contribution in [0.3, 0.4) is 0 Å². The lowest BCUT2D eigenvalue weighted by Gasteiger charge is -2.04. The molecule has 0 radical (unpaired) electrons. The molecular weight excluding hydrogens is 156 g/mol. The lowest BCUT2D eigenvalue weighted by molar-refractivity contribution is 0.676. The first-order valence-electron chi connectivity index (χ1n) is 3.50. The third-order valence-corrected chi connectivity index (χ3v) is 2.48. The fourth-order valence-corrected chi connectivity index (χ4v) is 1.63. The summed E-state index contributed by atoms with van der Waals surface area (Å²) in [5.41, 5.74) is 5.78. The highest BCUT2D eigenvalue weighted by Gasteiger charge is 2.04. The second kappa shape index (κ2) is 4.12. The topological polar surface area (TPSA) is 49.8 Å². The number of rotatable bonds is 3. The van der Waals surface area contributed by atoms with Gasteiger partial charge in [-0.25, -0.2) is 0 Å². The van der Waals surface area contributed by atoms with E-state index in [1.807, 2.05) is 17.5 Å². The molecule has 0 bridgehead atoms. The van der Waals surface area contributed by atoms with Crippen molar-refractivity contribution in [1.82, 2.24) is 0 Å². The standard InChI is InChI=1S/C8H10N2S/c9-5-1-3-7(10)8-4-2-6-11-8/h2,4,6-7H,1,3,10H2/t7-/m0/s1. The Bertz CT molecular complexity index is 235. The molecule has 0 spiro atoms. The summed E-state index contributed by atoms with van der Waals surface area (Å²) in [5, 5.41) is 10.3. The smallest absolute Gasteiger partial charge is 0.0622 e. The predicted molar refractivity (Wildman–Crippen MR) is 46.1 cm³/mol. The van der Waals surface area contributed by atoms with Gasteiger partial charge in [-0.2, -0.15) is 5.26 Å². The number of hydrogen-bond donors (Lipinski definition) is 1. The summed E-state index contributed by atoms with van der Waals surface area (Å²) < 4.78 is 0. The zero-order valence-corrected chi connectivity index (χ0v) is 6.97. The largest absolute Gasteiger partial charge is 0.323 e. The first-order valence-corrected chi connectivity index (χ1v) is 4.38. The van der Waals surface area contributed by atoms with Gasteiger partial charge in [0.2, 0.25) is 0 Å². The van der Waals surface area contributed by atoms with E-state index in [-0.39, 0.29) is 6.04 Å². The van der Waals surface area contributed by atoms with Crippen LogP contribution in [-0.2, 0) is 0 Å². The summed E-state index contributed by atoms with van der Waals surface area (Å²) in [5.74, 6) is 0. The van der Waals surface area contributed by atoms with Crippen LogP contribution in [0, 0.1) is 11.3 Å². The van der Waals surface area contributed by atoms with Crippen molar-refractivity contribution in [2.24, 2.45) is 5.73 Å². The molecule has 0 aliphatic heterocycles. The third-order valence-electron chi connectivity index (χ3n) is 1.48. The molecule has 0 unspecified atom stereocenters. The van der Waals surface area contributed by atoms with Gasteiger partial charge < -0.3 is 5.73 Å². The normalized spacial score (nSPS) is 12.4. The second-order valence-corrected chi connectivity index (χ2v) is 3.30. The summed E-state index contributed by atoms with van der Waals surface area (Å²) in [6, 6.07) is 6.12. The van der Waals surface area contributed by atoms with Gasteiger partial charge in [-0.3, -0.25) is 0 Å². The highest BCUT2D eigenvalue weighted by molar-refractivity contribution is 7.10. The van der Waals surface area contributed by atoms with E-state index in [0.29, 0.717) is 6.42 Å². The Morgan fingerprint density at radius 1 is 1.73 bits per heavy atom. The maximum Gasteiger partial charge on any atom is 0.0622 e. The van der Waals surface area contributed by atoms with Crippen LogP contribution in [0.15, 0.2) is 17.5 Å². The average Bonchev–Trinajstić information content (AvgIpc) is 2.52. The molecule has 1 aromatic heterocycles. The van der Waals surface area contributed by atoms with Crippen molar-refractivity contribution < 1.29 is 0 Å². The minimum Gasteiger partial charge on any atom is -0.323 e. The quantitative estimate of drug-likeness (QED) is 0.747. The van der Waals surface area contributed by atoms with E-state index in [2.05, 4.69) is 6.07 Å². The van der Waals surface area contributed by atoms with Crippen LogP contribution in [0.25, 0.3) is 0 Å². The molecule has 3 heteroatoms. The molecule has 0 fully saturated rings. The number of hydrogen-bond acceptors (Lipinski definition) is 3. The molecule has 1 heterocycles. The van der Waals surface area contributed by atoms with Crippen molar-refractivity contribution in [3.63, 3.8) is 0 Å². The van der Waals surface area contributed by atoms with E-state index in [1.54, 1.807) is 11.3 Å². The first kappa shape index (κ1) is 8.25. The van der Waals surface area contributed by atoms with Gasteiger partial charge in [-0.15, -0.1) is 11.3 Å². The van der Waals surface area contributed by atoms with Crippen LogP contribution in [-0.4, -0.2) is 0 Å². The molecule has 1 aromatic rings. The van der Waals surface area contributed by atoms with Crippen LogP contribution in [0.1, 0.15) is 23.8 Å². The summed E-state index contributed by atoms with van der Waals surface area (Å²) in [4.78, 5) is 1.17. The highest BCUT2D eigenvalue weighted by atomic mass is 32.1. The average molecular weight is 166 g/mol. The van der Waals surface area contributed by atoms with E-state index in [4.69, 9.17) is 11.0 Å². The fourth-order valence-electron chi connectivity index (χ4n) is 0.865. The molecule has 0 amide bonds. The zero-order valence-electron chi connectivity index (χ0n) is 6.16. The van der Waals surface area contributed by atoms with Crippen LogP contribution >= 0.6 is 11.3 Å². The van der Waals surface area contributed by atoms with Crippen molar-refractivity contribution in [1.29, 1.82) is 5.26 Å². The van der Waals surface area contributed by atoms with Crippen LogP contribution in [0.5, 0.6) is 0 Å². The predicted octanol–water partition coefficient (Wildman–Crippen LogP) is 2.05. The van der Waals surface area contributed by atoms with E-state index < -0.39 is 0 Å². The van der Waals surface area contributed by atoms with Crippen molar-refractivity contribution in [2.75, 3.05) is 0 Å². The maximum absolute atomic E-state index is 8.31. The van der Waals surface area contributed by atoms with Crippen molar-refractivity contribution in [3.05, 3.63) is 22.4 Å². The lowest BCUT2D eigenvalue weighted by Crippen LogP contribution is -2.07. The first-order chi connectivity index (χ1) is 5.34. The summed E-state index contributed by atoms with van der Waals surface area (Å²) >= 11 is 1.65. The van der Waals surface area contributed by atoms with Crippen molar-refractivity contribution in [3.8, 4) is 6.07 Å². The molecule has 1 atom stereocenters. The molecule has 11 heavy (non-hydrogen) atoms. The summed E-state index contributed by atoms with van der Waals surface area (Å²) in [7, 11) is 0. The minimum absolute atomic E-state index is 0.0506. The van der Waals surface area contributed by atoms with E-state index in [1.165, 1.54) is 4.88 Å². The van der Waals surface area contributed by atoms with Gasteiger partial charge in [0.25, 0.3) is 0 Å². The van der Waals surface area contributed by atoms with Gasteiger partial charge in [0.05, 0.1) is 6.07 Å². The van der Waals surface area contributed by atoms with Crippen molar-refractivity contribution in [2.45, 2.75) is 18.9 Å². The van der Waals surface area contributed by atoms with Gasteiger partial charge in [-0.05, 0) is 17.9 Å². The fraction of sp³-hybridized carbons (Fsp3) is 0.375. The van der Waals surface area contributed by atoms with Gasteiger partial charge >= 0.3 is 0 Å². The molecule has 0 saturated heterocycles. The summed E-state index contributed by atoms with van der Waals surface area (Å²) in [6.07, 6.45) is 1.30. The zero-order chi connectivity index (χ0) is 8.10. The Kier molecular flexibility index (Phi) is 3.09. The number of nitrogens with two attached hydrogens (primary N) is 1. The Labute approximate surface area is 70.3 Å². The SMILES string of the molecule is N#CCC[C@H](N)c1cccs1. The van der Waals surface area contributed by atoms with E-state index in [9.17, 15) is 0 Å². The Hall–Kier alpha value is -0.850. The van der Waals surface area contributed by atoms with Crippen LogP contribution in [0.4, 0.5) is 0 Å². The van der Waals surface area contributed by atoms with Gasteiger partial charge in [0.1, 0.15) is 0 Å². The molecule has 1 rings (SSSR count). The Morgan fingerprint density at radius 3 is 3.09 bits per heavy atom. The van der Waals surface area contributed by atoms with E-state index >= 15 is 0 Å². The van der Waals surface area contributed by atoms with Gasteiger partial charge in [0, 0.05) is 17.3 Å². The minimum atomic E-state index is 0.0506. The Morgan fingerprint density at radius 2 is 2.55 bits per heavy atom. The van der Waals surface area contributed by atoms with Gasteiger partial charge in [-0.1, -0.05) is 6.07 Å². The summed E-state index contributed by atoms with van der Waals surface area (Å²) in [6.45, 7) is 0. The molecule has 0 aliphatic rings. The Balaban J connectivity index is 2.44. The molecular formula is C8H10N2S. The molecule has 0 aliphatic carbocycles. The molecule has 0 aromatic carbocycles. The molecule has 2 N–H and O–H groups in total. The number of thiophene rings is 1. The van der Waals surface area contributed by atoms with Crippen LogP contribution < -0.4 is 5.73 Å². The number of nitriles is 1. The number of nitrogens with zero attached hydrogens (tertiary/aromatic N) is 1. The van der Waals surface area contributed by atoms with Crippen molar-refractivity contribution >= 4 is 11.3 Å². The monoisotopic (exact) mass is 166 g/mol. The molecule has 58 valence electrons. The molecule has 2 nitrogen and oxygen atoms in total. The lowest BCUT2D eigenvalue weighted by atomic mass is 10.1.